The minimum absolute atomic E-state index is 0.290. The summed E-state index contributed by atoms with van der Waals surface area (Å²) >= 11 is 0. The third kappa shape index (κ3) is 2.49. The second kappa shape index (κ2) is 5.38. The minimum atomic E-state index is 0.290. The molecule has 1 saturated heterocycles. The number of hydrogen-bond acceptors (Lipinski definition) is 4. The van der Waals surface area contributed by atoms with E-state index in [0.717, 1.165) is 41.9 Å². The zero-order valence-electron chi connectivity index (χ0n) is 12.0. The lowest BCUT2D eigenvalue weighted by atomic mass is 10.1. The smallest absolute Gasteiger partial charge is 0.0726 e. The largest absolute Gasteiger partial charge is 0.398 e. The highest BCUT2D eigenvalue weighted by Gasteiger charge is 2.27. The van der Waals surface area contributed by atoms with Gasteiger partial charge in [0.05, 0.1) is 17.3 Å². The van der Waals surface area contributed by atoms with Gasteiger partial charge < -0.3 is 10.5 Å². The van der Waals surface area contributed by atoms with Gasteiger partial charge in [0.15, 0.2) is 0 Å². The number of aromatic nitrogens is 1. The van der Waals surface area contributed by atoms with Crippen LogP contribution in [0.25, 0.3) is 10.9 Å². The zero-order valence-corrected chi connectivity index (χ0v) is 12.0. The Hall–Kier alpha value is -1.65. The molecule has 2 atom stereocenters. The Labute approximate surface area is 119 Å². The summed E-state index contributed by atoms with van der Waals surface area (Å²) < 4.78 is 5.63. The van der Waals surface area contributed by atoms with Crippen molar-refractivity contribution in [2.24, 2.45) is 0 Å². The lowest BCUT2D eigenvalue weighted by Crippen LogP contribution is -2.36. The molecule has 1 aliphatic heterocycles. The molecule has 0 saturated carbocycles. The molecule has 1 aromatic heterocycles. The third-order valence-electron chi connectivity index (χ3n) is 4.11. The Kier molecular flexibility index (Phi) is 3.59. The molecule has 1 fully saturated rings. The molecule has 20 heavy (non-hydrogen) atoms. The molecule has 2 N–H and O–H groups in total. The van der Waals surface area contributed by atoms with E-state index < -0.39 is 0 Å². The average Bonchev–Trinajstić information content (AvgIpc) is 2.85. The molecular weight excluding hydrogens is 250 g/mol. The van der Waals surface area contributed by atoms with Gasteiger partial charge in [-0.3, -0.25) is 9.88 Å². The van der Waals surface area contributed by atoms with Gasteiger partial charge >= 0.3 is 0 Å². The van der Waals surface area contributed by atoms with Gasteiger partial charge in [0.2, 0.25) is 0 Å². The van der Waals surface area contributed by atoms with Crippen LogP contribution in [-0.4, -0.2) is 35.7 Å². The lowest BCUT2D eigenvalue weighted by molar-refractivity contribution is 0.0811. The van der Waals surface area contributed by atoms with Crippen molar-refractivity contribution in [2.45, 2.75) is 32.0 Å². The highest BCUT2D eigenvalue weighted by Crippen LogP contribution is 2.23. The summed E-state index contributed by atoms with van der Waals surface area (Å²) in [6, 6.07) is 10.5. The molecular formula is C16H21N3O. The summed E-state index contributed by atoms with van der Waals surface area (Å²) in [7, 11) is 2.13. The molecule has 2 heterocycles. The standard InChI is InChI=1S/C16H21N3O/c1-11-16(7-8-20-11)19(2)10-12-9-14(17)13-5-3-4-6-15(13)18-12/h3-6,9,11,16H,7-8,10H2,1-2H3,(H2,17,18). The summed E-state index contributed by atoms with van der Waals surface area (Å²) in [6.07, 6.45) is 1.37. The van der Waals surface area contributed by atoms with Gasteiger partial charge in [0.1, 0.15) is 0 Å². The predicted octanol–water partition coefficient (Wildman–Crippen LogP) is 2.43. The fraction of sp³-hybridized carbons (Fsp3) is 0.438. The molecule has 3 rings (SSSR count). The van der Waals surface area contributed by atoms with Crippen LogP contribution in [0.15, 0.2) is 30.3 Å². The van der Waals surface area contributed by atoms with Crippen molar-refractivity contribution >= 4 is 16.6 Å². The maximum Gasteiger partial charge on any atom is 0.0726 e. The Morgan fingerprint density at radius 2 is 2.20 bits per heavy atom. The van der Waals surface area contributed by atoms with Crippen LogP contribution in [0.4, 0.5) is 5.69 Å². The van der Waals surface area contributed by atoms with Gasteiger partial charge in [-0.05, 0) is 32.5 Å². The number of anilines is 1. The number of nitrogen functional groups attached to an aromatic ring is 1. The molecule has 106 valence electrons. The van der Waals surface area contributed by atoms with Crippen molar-refractivity contribution in [2.75, 3.05) is 19.4 Å². The van der Waals surface area contributed by atoms with E-state index in [0.29, 0.717) is 6.04 Å². The molecule has 2 aromatic rings. The first-order chi connectivity index (χ1) is 9.65. The number of ether oxygens (including phenoxy) is 1. The first kappa shape index (κ1) is 13.3. The topological polar surface area (TPSA) is 51.4 Å². The third-order valence-corrected chi connectivity index (χ3v) is 4.11. The number of pyridine rings is 1. The molecule has 0 aliphatic carbocycles. The Morgan fingerprint density at radius 3 is 2.95 bits per heavy atom. The van der Waals surface area contributed by atoms with E-state index >= 15 is 0 Å². The van der Waals surface area contributed by atoms with Crippen molar-refractivity contribution in [1.29, 1.82) is 0 Å². The number of fused-ring (bicyclic) bond motifs is 1. The molecule has 0 bridgehead atoms. The maximum atomic E-state index is 6.13. The SMILES string of the molecule is CC1OCCC1N(C)Cc1cc(N)c2ccccc2n1. The second-order valence-corrected chi connectivity index (χ2v) is 5.57. The summed E-state index contributed by atoms with van der Waals surface area (Å²) in [4.78, 5) is 7.02. The fourth-order valence-electron chi connectivity index (χ4n) is 3.01. The number of rotatable bonds is 3. The number of nitrogens with zero attached hydrogens (tertiary/aromatic N) is 2. The predicted molar refractivity (Wildman–Crippen MR) is 81.4 cm³/mol. The molecule has 0 radical (unpaired) electrons. The van der Waals surface area contributed by atoms with Crippen LogP contribution in [0.2, 0.25) is 0 Å². The summed E-state index contributed by atoms with van der Waals surface area (Å²) in [5.41, 5.74) is 8.91. The van der Waals surface area contributed by atoms with Crippen LogP contribution in [-0.2, 0) is 11.3 Å². The number of para-hydroxylation sites is 1. The molecule has 4 heteroatoms. The quantitative estimate of drug-likeness (QED) is 0.931. The van der Waals surface area contributed by atoms with E-state index in [1.165, 1.54) is 0 Å². The van der Waals surface area contributed by atoms with E-state index in [2.05, 4.69) is 18.9 Å². The minimum Gasteiger partial charge on any atom is -0.398 e. The van der Waals surface area contributed by atoms with Gasteiger partial charge in [0.25, 0.3) is 0 Å². The van der Waals surface area contributed by atoms with E-state index in [-0.39, 0.29) is 6.10 Å². The Balaban J connectivity index is 1.83. The highest BCUT2D eigenvalue weighted by molar-refractivity contribution is 5.90. The average molecular weight is 271 g/mol. The van der Waals surface area contributed by atoms with Crippen molar-refractivity contribution in [3.63, 3.8) is 0 Å². The van der Waals surface area contributed by atoms with Crippen molar-refractivity contribution in [3.05, 3.63) is 36.0 Å². The number of hydrogen-bond donors (Lipinski definition) is 1. The van der Waals surface area contributed by atoms with Crippen LogP contribution in [0, 0.1) is 0 Å². The summed E-state index contributed by atoms with van der Waals surface area (Å²) in [5, 5.41) is 1.02. The molecule has 0 spiro atoms. The first-order valence-electron chi connectivity index (χ1n) is 7.11. The van der Waals surface area contributed by atoms with Gasteiger partial charge in [-0.15, -0.1) is 0 Å². The van der Waals surface area contributed by atoms with Crippen LogP contribution >= 0.6 is 0 Å². The van der Waals surface area contributed by atoms with Gasteiger partial charge in [-0.25, -0.2) is 0 Å². The molecule has 2 unspecified atom stereocenters. The molecule has 1 aromatic carbocycles. The van der Waals surface area contributed by atoms with E-state index in [4.69, 9.17) is 15.5 Å². The van der Waals surface area contributed by atoms with Crippen molar-refractivity contribution in [3.8, 4) is 0 Å². The normalized spacial score (nSPS) is 22.8. The van der Waals surface area contributed by atoms with Crippen LogP contribution < -0.4 is 5.73 Å². The van der Waals surface area contributed by atoms with Crippen LogP contribution in [0.1, 0.15) is 19.0 Å². The molecule has 1 aliphatic rings. The van der Waals surface area contributed by atoms with Gasteiger partial charge in [0, 0.05) is 30.3 Å². The van der Waals surface area contributed by atoms with E-state index in [1.54, 1.807) is 0 Å². The number of nitrogens with two attached hydrogens (primary N) is 1. The first-order valence-corrected chi connectivity index (χ1v) is 7.11. The van der Waals surface area contributed by atoms with Gasteiger partial charge in [-0.2, -0.15) is 0 Å². The number of benzene rings is 1. The molecule has 4 nitrogen and oxygen atoms in total. The Bertz CT molecular complexity index is 614. The van der Waals surface area contributed by atoms with Crippen LogP contribution in [0.3, 0.4) is 0 Å². The van der Waals surface area contributed by atoms with Crippen molar-refractivity contribution < 1.29 is 4.74 Å². The maximum absolute atomic E-state index is 6.13. The van der Waals surface area contributed by atoms with E-state index in [9.17, 15) is 0 Å². The van der Waals surface area contributed by atoms with Gasteiger partial charge in [-0.1, -0.05) is 18.2 Å². The Morgan fingerprint density at radius 1 is 1.40 bits per heavy atom. The zero-order chi connectivity index (χ0) is 14.1. The summed E-state index contributed by atoms with van der Waals surface area (Å²) in [6.45, 7) is 3.78. The lowest BCUT2D eigenvalue weighted by Gasteiger charge is -2.26. The number of likely N-dealkylation sites (N-methyl/N-ethyl adjacent to an activating group) is 1. The van der Waals surface area contributed by atoms with E-state index in [1.807, 2.05) is 30.3 Å². The summed E-state index contributed by atoms with van der Waals surface area (Å²) in [5.74, 6) is 0. The highest BCUT2D eigenvalue weighted by atomic mass is 16.5. The monoisotopic (exact) mass is 271 g/mol. The van der Waals surface area contributed by atoms with Crippen LogP contribution in [0.5, 0.6) is 0 Å². The molecule has 0 amide bonds. The second-order valence-electron chi connectivity index (χ2n) is 5.57. The fourth-order valence-corrected chi connectivity index (χ4v) is 3.01. The van der Waals surface area contributed by atoms with Crippen molar-refractivity contribution in [1.82, 2.24) is 9.88 Å².